The number of para-hydroxylation sites is 1. The molecule has 8 heteroatoms. The van der Waals surface area contributed by atoms with Crippen LogP contribution in [0.3, 0.4) is 0 Å². The number of nitrogens with one attached hydrogen (secondary N) is 2. The van der Waals surface area contributed by atoms with Gasteiger partial charge in [0.15, 0.2) is 0 Å². The van der Waals surface area contributed by atoms with Crippen molar-refractivity contribution >= 4 is 27.7 Å². The number of carbonyl (C=O) groups is 1. The number of benzene rings is 4. The van der Waals surface area contributed by atoms with Crippen molar-refractivity contribution in [3.63, 3.8) is 0 Å². The topological polar surface area (TPSA) is 67.0 Å². The molecule has 2 N–H and O–H groups in total. The Balaban J connectivity index is 1.36. The van der Waals surface area contributed by atoms with Crippen molar-refractivity contribution in [3.8, 4) is 11.5 Å². The molecule has 0 fully saturated rings. The van der Waals surface area contributed by atoms with E-state index < -0.39 is 11.7 Å². The van der Waals surface area contributed by atoms with Gasteiger partial charge in [0.05, 0.1) is 29.0 Å². The predicted molar refractivity (Wildman–Crippen MR) is 127 cm³/mol. The number of carbonyl (C=O) groups excluding carboxylic acids is 1. The van der Waals surface area contributed by atoms with Gasteiger partial charge in [-0.05, 0) is 72.5 Å². The summed E-state index contributed by atoms with van der Waals surface area (Å²) in [6.45, 7) is 1.91. The van der Waals surface area contributed by atoms with Crippen molar-refractivity contribution in [2.75, 3.05) is 0 Å². The number of rotatable bonds is 5. The summed E-state index contributed by atoms with van der Waals surface area (Å²) in [5.41, 5.74) is 2.38. The van der Waals surface area contributed by atoms with Gasteiger partial charge in [0.1, 0.15) is 11.5 Å². The molecule has 1 amide bonds. The normalized spacial score (nSPS) is 12.6. The van der Waals surface area contributed by atoms with Crippen LogP contribution in [-0.4, -0.2) is 15.9 Å². The van der Waals surface area contributed by atoms with Crippen LogP contribution in [0.2, 0.25) is 0 Å². The average molecular weight is 475 g/mol. The standard InChI is InChI=1S/C27H20F3N3O2/c1-16(21-5-3-6-23-25(21)32-15-31-23)33-26(34)18-8-13-22-17(14-18)4-2-7-24(22)35-20-11-9-19(10-12-20)27(28,29)30/h2-16H,1H3,(H,31,32)(H,33,34)/t16-/m0/s1. The van der Waals surface area contributed by atoms with E-state index in [1.165, 1.54) is 12.1 Å². The predicted octanol–water partition coefficient (Wildman–Crippen LogP) is 7.02. The highest BCUT2D eigenvalue weighted by Crippen LogP contribution is 2.34. The molecule has 0 spiro atoms. The van der Waals surface area contributed by atoms with Crippen LogP contribution in [-0.2, 0) is 6.18 Å². The lowest BCUT2D eigenvalue weighted by molar-refractivity contribution is -0.137. The summed E-state index contributed by atoms with van der Waals surface area (Å²) in [4.78, 5) is 20.3. The van der Waals surface area contributed by atoms with Gasteiger partial charge in [-0.1, -0.05) is 24.3 Å². The second-order valence-corrected chi connectivity index (χ2v) is 8.16. The summed E-state index contributed by atoms with van der Waals surface area (Å²) in [6.07, 6.45) is -2.78. The SMILES string of the molecule is C[C@H](NC(=O)c1ccc2c(Oc3ccc(C(F)(F)F)cc3)cccc2c1)c1cccc2nc[nH]c12. The number of nitrogens with zero attached hydrogens (tertiary/aromatic N) is 1. The molecule has 5 rings (SSSR count). The lowest BCUT2D eigenvalue weighted by Gasteiger charge is -2.16. The molecule has 0 saturated heterocycles. The van der Waals surface area contributed by atoms with E-state index in [0.717, 1.165) is 39.5 Å². The quantitative estimate of drug-likeness (QED) is 0.287. The minimum atomic E-state index is -4.41. The van der Waals surface area contributed by atoms with Gasteiger partial charge in [-0.25, -0.2) is 4.98 Å². The first-order valence-electron chi connectivity index (χ1n) is 10.9. The first-order valence-corrected chi connectivity index (χ1v) is 10.9. The third-order valence-electron chi connectivity index (χ3n) is 5.81. The van der Waals surface area contributed by atoms with Crippen LogP contribution in [0.5, 0.6) is 11.5 Å². The highest BCUT2D eigenvalue weighted by Gasteiger charge is 2.30. The maximum Gasteiger partial charge on any atom is 0.416 e. The first-order chi connectivity index (χ1) is 16.8. The van der Waals surface area contributed by atoms with Crippen molar-refractivity contribution in [2.24, 2.45) is 0 Å². The fourth-order valence-electron chi connectivity index (χ4n) is 4.03. The van der Waals surface area contributed by atoms with Crippen LogP contribution in [0.25, 0.3) is 21.8 Å². The Morgan fingerprint density at radius 3 is 2.54 bits per heavy atom. The van der Waals surface area contributed by atoms with Gasteiger partial charge in [-0.2, -0.15) is 13.2 Å². The zero-order valence-electron chi connectivity index (χ0n) is 18.6. The van der Waals surface area contributed by atoms with E-state index in [0.29, 0.717) is 11.3 Å². The highest BCUT2D eigenvalue weighted by atomic mass is 19.4. The monoisotopic (exact) mass is 475 g/mol. The van der Waals surface area contributed by atoms with Gasteiger partial charge < -0.3 is 15.0 Å². The van der Waals surface area contributed by atoms with Crippen LogP contribution in [0.1, 0.15) is 34.5 Å². The van der Waals surface area contributed by atoms with Crippen molar-refractivity contribution < 1.29 is 22.7 Å². The number of fused-ring (bicyclic) bond motifs is 2. The van der Waals surface area contributed by atoms with Gasteiger partial charge >= 0.3 is 6.18 Å². The summed E-state index contributed by atoms with van der Waals surface area (Å²) in [6, 6.07) is 20.6. The molecule has 176 valence electrons. The van der Waals surface area contributed by atoms with E-state index in [4.69, 9.17) is 4.74 Å². The third-order valence-corrected chi connectivity index (χ3v) is 5.81. The summed E-state index contributed by atoms with van der Waals surface area (Å²) in [5, 5.41) is 4.53. The fourth-order valence-corrected chi connectivity index (χ4v) is 4.03. The van der Waals surface area contributed by atoms with E-state index in [9.17, 15) is 18.0 Å². The fraction of sp³-hybridized carbons (Fsp3) is 0.111. The number of hydrogen-bond acceptors (Lipinski definition) is 3. The Morgan fingerprint density at radius 1 is 1.00 bits per heavy atom. The number of ether oxygens (including phenoxy) is 1. The third kappa shape index (κ3) is 4.55. The zero-order chi connectivity index (χ0) is 24.6. The van der Waals surface area contributed by atoms with Crippen LogP contribution in [0.4, 0.5) is 13.2 Å². The lowest BCUT2D eigenvalue weighted by Crippen LogP contribution is -2.26. The second-order valence-electron chi connectivity index (χ2n) is 8.16. The summed E-state index contributed by atoms with van der Waals surface area (Å²) < 4.78 is 44.3. The molecular formula is C27H20F3N3O2. The number of aromatic nitrogens is 2. The maximum atomic E-state index is 13.0. The molecule has 0 aliphatic heterocycles. The molecule has 0 bridgehead atoms. The van der Waals surface area contributed by atoms with Crippen molar-refractivity contribution in [2.45, 2.75) is 19.1 Å². The number of hydrogen-bond donors (Lipinski definition) is 2. The molecule has 1 aromatic heterocycles. The second kappa shape index (κ2) is 8.79. The Kier molecular flexibility index (Phi) is 5.64. The van der Waals surface area contributed by atoms with E-state index in [1.807, 2.05) is 31.2 Å². The molecule has 0 aliphatic carbocycles. The van der Waals surface area contributed by atoms with Crippen molar-refractivity contribution in [3.05, 3.63) is 102 Å². The highest BCUT2D eigenvalue weighted by molar-refractivity contribution is 6.00. The summed E-state index contributed by atoms with van der Waals surface area (Å²) in [7, 11) is 0. The number of imidazole rings is 1. The summed E-state index contributed by atoms with van der Waals surface area (Å²) in [5.74, 6) is 0.535. The lowest BCUT2D eigenvalue weighted by atomic mass is 10.0. The van der Waals surface area contributed by atoms with Crippen LogP contribution >= 0.6 is 0 Å². The molecule has 4 aromatic carbocycles. The van der Waals surface area contributed by atoms with Gasteiger partial charge in [-0.3, -0.25) is 4.79 Å². The van der Waals surface area contributed by atoms with Gasteiger partial charge in [-0.15, -0.1) is 0 Å². The Hall–Kier alpha value is -4.33. The molecule has 5 aromatic rings. The Bertz CT molecular complexity index is 1520. The van der Waals surface area contributed by atoms with Crippen molar-refractivity contribution in [1.29, 1.82) is 0 Å². The van der Waals surface area contributed by atoms with Gasteiger partial charge in [0.2, 0.25) is 0 Å². The van der Waals surface area contributed by atoms with Crippen molar-refractivity contribution in [1.82, 2.24) is 15.3 Å². The molecular weight excluding hydrogens is 455 g/mol. The number of alkyl halides is 3. The van der Waals surface area contributed by atoms with E-state index in [1.54, 1.807) is 36.7 Å². The minimum absolute atomic E-state index is 0.232. The molecule has 1 atom stereocenters. The van der Waals surface area contributed by atoms with Crippen LogP contribution < -0.4 is 10.1 Å². The van der Waals surface area contributed by atoms with E-state index in [-0.39, 0.29) is 17.7 Å². The molecule has 0 unspecified atom stereocenters. The largest absolute Gasteiger partial charge is 0.457 e. The number of halogens is 3. The zero-order valence-corrected chi connectivity index (χ0v) is 18.6. The Morgan fingerprint density at radius 2 is 1.77 bits per heavy atom. The molecule has 0 saturated carbocycles. The minimum Gasteiger partial charge on any atom is -0.457 e. The molecule has 1 heterocycles. The number of aromatic amines is 1. The first kappa shape index (κ1) is 22.5. The maximum absolute atomic E-state index is 13.0. The Labute approximate surface area is 198 Å². The number of amides is 1. The number of H-pyrrole nitrogens is 1. The van der Waals surface area contributed by atoms with Crippen LogP contribution in [0, 0.1) is 0 Å². The average Bonchev–Trinajstić information content (AvgIpc) is 3.33. The smallest absolute Gasteiger partial charge is 0.416 e. The molecule has 35 heavy (non-hydrogen) atoms. The van der Waals surface area contributed by atoms with Gasteiger partial charge in [0.25, 0.3) is 5.91 Å². The molecule has 0 radical (unpaired) electrons. The van der Waals surface area contributed by atoms with Gasteiger partial charge in [0, 0.05) is 10.9 Å². The summed E-state index contributed by atoms with van der Waals surface area (Å²) >= 11 is 0. The van der Waals surface area contributed by atoms with Crippen LogP contribution in [0.15, 0.2) is 85.2 Å². The van der Waals surface area contributed by atoms with E-state index in [2.05, 4.69) is 15.3 Å². The molecule has 5 nitrogen and oxygen atoms in total. The van der Waals surface area contributed by atoms with E-state index >= 15 is 0 Å². The molecule has 0 aliphatic rings.